The van der Waals surface area contributed by atoms with E-state index in [1.54, 1.807) is 21.1 Å². The number of amides is 1. The van der Waals surface area contributed by atoms with Crippen molar-refractivity contribution in [3.05, 3.63) is 28.1 Å². The first-order chi connectivity index (χ1) is 11.5. The minimum Gasteiger partial charge on any atom is -0.496 e. The monoisotopic (exact) mass is 371 g/mol. The zero-order chi connectivity index (χ0) is 17.7. The normalized spacial score (nSPS) is 10.5. The molecule has 0 aromatic carbocycles. The molecule has 9 heteroatoms. The van der Waals surface area contributed by atoms with E-state index in [0.717, 1.165) is 4.88 Å². The number of rotatable bonds is 7. The molecule has 7 nitrogen and oxygen atoms in total. The maximum Gasteiger partial charge on any atom is 0.343 e. The van der Waals surface area contributed by atoms with Crippen molar-refractivity contribution in [1.29, 1.82) is 0 Å². The Morgan fingerprint density at radius 2 is 2.21 bits per heavy atom. The zero-order valence-corrected chi connectivity index (χ0v) is 15.2. The fourth-order valence-corrected chi connectivity index (χ4v) is 3.12. The number of nitrogens with zero attached hydrogens (tertiary/aromatic N) is 3. The lowest BCUT2D eigenvalue weighted by Crippen LogP contribution is -2.33. The Hall–Kier alpha value is -2.06. The quantitative estimate of drug-likeness (QED) is 0.552. The number of aryl methyl sites for hydroxylation is 1. The van der Waals surface area contributed by atoms with Gasteiger partial charge in [-0.25, -0.2) is 4.79 Å². The largest absolute Gasteiger partial charge is 0.496 e. The van der Waals surface area contributed by atoms with Crippen LogP contribution < -0.4 is 9.64 Å². The molecule has 0 N–H and O–H groups in total. The number of hydrogen-bond donors (Lipinski definition) is 0. The van der Waals surface area contributed by atoms with Crippen molar-refractivity contribution < 1.29 is 19.1 Å². The Bertz CT molecular complexity index is 728. The van der Waals surface area contributed by atoms with Crippen molar-refractivity contribution in [1.82, 2.24) is 9.78 Å². The number of carbonyl (C=O) groups is 2. The maximum atomic E-state index is 12.3. The fourth-order valence-electron chi connectivity index (χ4n) is 2.15. The Labute approximate surface area is 148 Å². The number of carbonyl (C=O) groups excluding carboxylic acids is 2. The van der Waals surface area contributed by atoms with E-state index < -0.39 is 5.97 Å². The van der Waals surface area contributed by atoms with Crippen molar-refractivity contribution >= 4 is 40.6 Å². The highest BCUT2D eigenvalue weighted by Gasteiger charge is 2.27. The third-order valence-corrected chi connectivity index (χ3v) is 4.32. The van der Waals surface area contributed by atoms with E-state index in [-0.39, 0.29) is 36.3 Å². The molecule has 0 aliphatic heterocycles. The summed E-state index contributed by atoms with van der Waals surface area (Å²) in [5.41, 5.74) is 0.216. The number of aromatic nitrogens is 2. The Morgan fingerprint density at radius 1 is 1.46 bits per heavy atom. The molecule has 0 saturated heterocycles. The summed E-state index contributed by atoms with van der Waals surface area (Å²) in [5.74, 6) is -0.243. The van der Waals surface area contributed by atoms with E-state index in [4.69, 9.17) is 21.1 Å². The van der Waals surface area contributed by atoms with Gasteiger partial charge in [0.25, 0.3) is 0 Å². The van der Waals surface area contributed by atoms with Gasteiger partial charge in [-0.3, -0.25) is 14.4 Å². The molecule has 0 aliphatic carbocycles. The summed E-state index contributed by atoms with van der Waals surface area (Å²) in [6, 6.07) is 1.81. The molecule has 0 fully saturated rings. The van der Waals surface area contributed by atoms with E-state index in [2.05, 4.69) is 5.10 Å². The number of hydrogen-bond acceptors (Lipinski definition) is 6. The third-order valence-electron chi connectivity index (χ3n) is 3.20. The van der Waals surface area contributed by atoms with Crippen LogP contribution in [-0.4, -0.2) is 41.3 Å². The lowest BCUT2D eigenvalue weighted by atomic mass is 10.3. The Morgan fingerprint density at radius 3 is 2.83 bits per heavy atom. The van der Waals surface area contributed by atoms with Crippen molar-refractivity contribution in [2.75, 3.05) is 24.5 Å². The van der Waals surface area contributed by atoms with Crippen LogP contribution in [0.2, 0.25) is 0 Å². The summed E-state index contributed by atoms with van der Waals surface area (Å²) in [4.78, 5) is 26.7. The number of esters is 1. The van der Waals surface area contributed by atoms with Crippen LogP contribution in [0.25, 0.3) is 0 Å². The van der Waals surface area contributed by atoms with Gasteiger partial charge in [0.1, 0.15) is 17.2 Å². The number of anilines is 1. The molecule has 0 bridgehead atoms. The van der Waals surface area contributed by atoms with Crippen molar-refractivity contribution in [3.8, 4) is 5.75 Å². The molecule has 2 aromatic heterocycles. The van der Waals surface area contributed by atoms with E-state index in [1.165, 1.54) is 27.1 Å². The highest BCUT2D eigenvalue weighted by atomic mass is 35.5. The van der Waals surface area contributed by atoms with Crippen LogP contribution in [0.4, 0.5) is 5.82 Å². The van der Waals surface area contributed by atoms with Gasteiger partial charge in [0.05, 0.1) is 25.1 Å². The lowest BCUT2D eigenvalue weighted by Gasteiger charge is -2.20. The average Bonchev–Trinajstić information content (AvgIpc) is 3.17. The molecule has 0 aliphatic rings. The van der Waals surface area contributed by atoms with Gasteiger partial charge in [0.15, 0.2) is 5.82 Å². The maximum absolute atomic E-state index is 12.3. The first kappa shape index (κ1) is 18.3. The molecule has 2 rings (SSSR count). The molecule has 2 heterocycles. The number of methoxy groups -OCH3 is 1. The summed E-state index contributed by atoms with van der Waals surface area (Å²) in [6.45, 7) is 2.15. The first-order valence-corrected chi connectivity index (χ1v) is 8.60. The SMILES string of the molecule is CCOC(=O)c1cn(C)nc1N(Cc1sccc1OC)C(=O)CCl. The second-order valence-electron chi connectivity index (χ2n) is 4.79. The van der Waals surface area contributed by atoms with Gasteiger partial charge in [-0.1, -0.05) is 0 Å². The van der Waals surface area contributed by atoms with E-state index in [0.29, 0.717) is 5.75 Å². The number of thiophene rings is 1. The molecule has 0 atom stereocenters. The minimum atomic E-state index is -0.536. The van der Waals surface area contributed by atoms with Crippen LogP contribution >= 0.6 is 22.9 Å². The van der Waals surface area contributed by atoms with Crippen LogP contribution in [0.1, 0.15) is 22.2 Å². The average molecular weight is 372 g/mol. The van der Waals surface area contributed by atoms with Crippen LogP contribution in [0.5, 0.6) is 5.75 Å². The molecular formula is C15H18ClN3O4S. The molecule has 0 saturated carbocycles. The number of alkyl halides is 1. The van der Waals surface area contributed by atoms with Crippen molar-refractivity contribution in [2.24, 2.45) is 7.05 Å². The predicted octanol–water partition coefficient (Wildman–Crippen LogP) is 2.44. The second kappa shape index (κ2) is 8.16. The zero-order valence-electron chi connectivity index (χ0n) is 13.6. The second-order valence-corrected chi connectivity index (χ2v) is 6.05. The smallest absolute Gasteiger partial charge is 0.343 e. The Balaban J connectivity index is 2.42. The summed E-state index contributed by atoms with van der Waals surface area (Å²) >= 11 is 7.18. The van der Waals surface area contributed by atoms with Gasteiger partial charge in [-0.15, -0.1) is 22.9 Å². The lowest BCUT2D eigenvalue weighted by molar-refractivity contribution is -0.116. The van der Waals surface area contributed by atoms with Gasteiger partial charge in [-0.05, 0) is 18.4 Å². The number of halogens is 1. The third kappa shape index (κ3) is 3.88. The van der Waals surface area contributed by atoms with Crippen LogP contribution in [0.3, 0.4) is 0 Å². The van der Waals surface area contributed by atoms with Gasteiger partial charge in [0.2, 0.25) is 5.91 Å². The molecular weight excluding hydrogens is 354 g/mol. The van der Waals surface area contributed by atoms with Gasteiger partial charge in [0, 0.05) is 13.2 Å². The Kier molecular flexibility index (Phi) is 6.22. The van der Waals surface area contributed by atoms with E-state index in [9.17, 15) is 9.59 Å². The molecule has 2 aromatic rings. The molecule has 24 heavy (non-hydrogen) atoms. The van der Waals surface area contributed by atoms with E-state index >= 15 is 0 Å². The summed E-state index contributed by atoms with van der Waals surface area (Å²) in [5, 5.41) is 6.11. The van der Waals surface area contributed by atoms with Crippen LogP contribution in [0.15, 0.2) is 17.6 Å². The molecule has 0 radical (unpaired) electrons. The minimum absolute atomic E-state index is 0.204. The topological polar surface area (TPSA) is 73.7 Å². The van der Waals surface area contributed by atoms with Crippen molar-refractivity contribution in [2.45, 2.75) is 13.5 Å². The van der Waals surface area contributed by atoms with Crippen molar-refractivity contribution in [3.63, 3.8) is 0 Å². The molecule has 130 valence electrons. The predicted molar refractivity (Wildman–Crippen MR) is 91.9 cm³/mol. The molecule has 1 amide bonds. The van der Waals surface area contributed by atoms with Gasteiger partial charge < -0.3 is 9.47 Å². The van der Waals surface area contributed by atoms with Gasteiger partial charge >= 0.3 is 5.97 Å². The van der Waals surface area contributed by atoms with Crippen LogP contribution in [0, 0.1) is 0 Å². The standard InChI is InChI=1S/C15H18ClN3O4S/c1-4-23-15(21)10-8-18(2)17-14(10)19(13(20)7-16)9-12-11(22-3)5-6-24-12/h5-6,8H,4,7,9H2,1-3H3. The van der Waals surface area contributed by atoms with Gasteiger partial charge in [-0.2, -0.15) is 5.10 Å². The summed E-state index contributed by atoms with van der Waals surface area (Å²) in [6.07, 6.45) is 1.52. The summed E-state index contributed by atoms with van der Waals surface area (Å²) < 4.78 is 11.8. The number of ether oxygens (including phenoxy) is 2. The first-order valence-electron chi connectivity index (χ1n) is 7.19. The molecule has 0 spiro atoms. The summed E-state index contributed by atoms with van der Waals surface area (Å²) in [7, 11) is 3.23. The highest BCUT2D eigenvalue weighted by Crippen LogP contribution is 2.29. The van der Waals surface area contributed by atoms with E-state index in [1.807, 2.05) is 11.4 Å². The molecule has 0 unspecified atom stereocenters. The highest BCUT2D eigenvalue weighted by molar-refractivity contribution is 7.10. The van der Waals surface area contributed by atoms with Crippen LogP contribution in [-0.2, 0) is 23.1 Å². The fraction of sp³-hybridized carbons (Fsp3) is 0.400.